The number of nitrogens with one attached hydrogen (secondary N) is 2. The molecule has 5 rings (SSSR count). The molecule has 0 bridgehead atoms. The standard InChI is InChI=1S/C27H33F3N8O/c1-31-15-20-17-37(14-13-36(20)2)25-22(8-7-21(18-5-3-4-6-18)24(25)27(28,29)30)34-26(39)23-10-12-38(35-23)19-9-11-32-33-16-19/h7-12,16,18,20,31H,3-6,13-15,17H2,1-2H3,(H,34,39)/t20-/m0/s1. The molecule has 2 fully saturated rings. The lowest BCUT2D eigenvalue weighted by molar-refractivity contribution is -0.137. The maximum absolute atomic E-state index is 14.9. The highest BCUT2D eigenvalue weighted by Gasteiger charge is 2.42. The fourth-order valence-electron chi connectivity index (χ4n) is 5.71. The summed E-state index contributed by atoms with van der Waals surface area (Å²) in [7, 11) is 3.82. The summed E-state index contributed by atoms with van der Waals surface area (Å²) in [6.07, 6.45) is 3.34. The van der Waals surface area contributed by atoms with Crippen molar-refractivity contribution in [3.05, 3.63) is 59.7 Å². The first-order valence-electron chi connectivity index (χ1n) is 13.2. The number of alkyl halides is 3. The number of hydrogen-bond donors (Lipinski definition) is 2. The molecule has 12 heteroatoms. The lowest BCUT2D eigenvalue weighted by atomic mass is 9.90. The Bertz CT molecular complexity index is 1290. The third-order valence-electron chi connectivity index (χ3n) is 7.72. The highest BCUT2D eigenvalue weighted by molar-refractivity contribution is 6.05. The van der Waals surface area contributed by atoms with Crippen molar-refractivity contribution in [1.82, 2.24) is 30.2 Å². The minimum absolute atomic E-state index is 0.0215. The number of anilines is 2. The van der Waals surface area contributed by atoms with Crippen LogP contribution in [0, 0.1) is 0 Å². The Balaban J connectivity index is 1.54. The molecule has 2 N–H and O–H groups in total. The summed E-state index contributed by atoms with van der Waals surface area (Å²) in [5.74, 6) is -0.727. The van der Waals surface area contributed by atoms with Gasteiger partial charge in [-0.15, -0.1) is 0 Å². The molecular weight excluding hydrogens is 509 g/mol. The van der Waals surface area contributed by atoms with E-state index < -0.39 is 17.6 Å². The van der Waals surface area contributed by atoms with Crippen LogP contribution in [-0.2, 0) is 6.18 Å². The van der Waals surface area contributed by atoms with E-state index in [4.69, 9.17) is 0 Å². The summed E-state index contributed by atoms with van der Waals surface area (Å²) in [5, 5.41) is 17.8. The van der Waals surface area contributed by atoms with Gasteiger partial charge in [0, 0.05) is 38.4 Å². The van der Waals surface area contributed by atoms with Gasteiger partial charge in [0.1, 0.15) is 0 Å². The van der Waals surface area contributed by atoms with E-state index in [1.165, 1.54) is 23.1 Å². The Morgan fingerprint density at radius 2 is 1.90 bits per heavy atom. The number of nitrogens with zero attached hydrogens (tertiary/aromatic N) is 6. The first-order chi connectivity index (χ1) is 18.8. The number of halogens is 3. The van der Waals surface area contributed by atoms with Crippen molar-refractivity contribution in [2.45, 2.75) is 43.8 Å². The van der Waals surface area contributed by atoms with Gasteiger partial charge in [-0.3, -0.25) is 9.69 Å². The van der Waals surface area contributed by atoms with Gasteiger partial charge in [0.2, 0.25) is 0 Å². The third kappa shape index (κ3) is 5.76. The van der Waals surface area contributed by atoms with E-state index in [1.54, 1.807) is 29.3 Å². The normalized spacial score (nSPS) is 19.0. The number of aromatic nitrogens is 4. The topological polar surface area (TPSA) is 91.2 Å². The van der Waals surface area contributed by atoms with Crippen LogP contribution in [0.2, 0.25) is 0 Å². The zero-order valence-electron chi connectivity index (χ0n) is 22.1. The van der Waals surface area contributed by atoms with Crippen molar-refractivity contribution in [1.29, 1.82) is 0 Å². The van der Waals surface area contributed by atoms with Crippen molar-refractivity contribution < 1.29 is 18.0 Å². The Morgan fingerprint density at radius 1 is 1.10 bits per heavy atom. The van der Waals surface area contributed by atoms with Gasteiger partial charge in [-0.2, -0.15) is 28.5 Å². The van der Waals surface area contributed by atoms with Gasteiger partial charge in [0.25, 0.3) is 5.91 Å². The summed E-state index contributed by atoms with van der Waals surface area (Å²) in [6, 6.07) is 6.41. The second kappa shape index (κ2) is 11.3. The van der Waals surface area contributed by atoms with E-state index >= 15 is 0 Å². The SMILES string of the molecule is CNC[C@H]1CN(c2c(NC(=O)c3ccn(-c4ccnnc4)n3)ccc(C3CCCC3)c2C(F)(F)F)CCN1C. The molecule has 3 heterocycles. The van der Waals surface area contributed by atoms with Crippen LogP contribution in [0.5, 0.6) is 0 Å². The lowest BCUT2D eigenvalue weighted by Crippen LogP contribution is -2.55. The molecule has 1 aromatic carbocycles. The Hall–Kier alpha value is -3.51. The molecule has 39 heavy (non-hydrogen) atoms. The van der Waals surface area contributed by atoms with Crippen LogP contribution in [-0.4, -0.2) is 77.1 Å². The van der Waals surface area contributed by atoms with Gasteiger partial charge < -0.3 is 15.5 Å². The van der Waals surface area contributed by atoms with Crippen LogP contribution in [0.3, 0.4) is 0 Å². The molecule has 1 amide bonds. The predicted octanol–water partition coefficient (Wildman–Crippen LogP) is 3.93. The van der Waals surface area contributed by atoms with Gasteiger partial charge in [-0.1, -0.05) is 18.9 Å². The molecule has 1 aliphatic heterocycles. The molecule has 3 aromatic rings. The van der Waals surface area contributed by atoms with Gasteiger partial charge in [0.15, 0.2) is 5.69 Å². The van der Waals surface area contributed by atoms with Crippen LogP contribution in [0.1, 0.15) is 53.2 Å². The molecular formula is C27H33F3N8O. The van der Waals surface area contributed by atoms with Crippen LogP contribution in [0.4, 0.5) is 24.5 Å². The molecule has 2 aromatic heterocycles. The average molecular weight is 543 g/mol. The molecule has 0 unspecified atom stereocenters. The highest BCUT2D eigenvalue weighted by Crippen LogP contribution is 2.48. The maximum atomic E-state index is 14.9. The van der Waals surface area contributed by atoms with E-state index in [9.17, 15) is 18.0 Å². The summed E-state index contributed by atoms with van der Waals surface area (Å²) in [5.41, 5.74) is 0.574. The van der Waals surface area contributed by atoms with Crippen molar-refractivity contribution in [2.24, 2.45) is 0 Å². The molecule has 9 nitrogen and oxygen atoms in total. The monoisotopic (exact) mass is 542 g/mol. The smallest absolute Gasteiger partial charge is 0.366 e. The van der Waals surface area contributed by atoms with Gasteiger partial charge in [-0.05, 0) is 56.6 Å². The second-order valence-electron chi connectivity index (χ2n) is 10.2. The molecule has 1 atom stereocenters. The maximum Gasteiger partial charge on any atom is 0.418 e. The largest absolute Gasteiger partial charge is 0.418 e. The molecule has 1 saturated heterocycles. The Labute approximate surface area is 225 Å². The number of likely N-dealkylation sites (N-methyl/N-ethyl adjacent to an activating group) is 2. The van der Waals surface area contributed by atoms with Crippen LogP contribution in [0.25, 0.3) is 5.69 Å². The number of benzene rings is 1. The highest BCUT2D eigenvalue weighted by atomic mass is 19.4. The molecule has 2 aliphatic rings. The summed E-state index contributed by atoms with van der Waals surface area (Å²) < 4.78 is 46.1. The summed E-state index contributed by atoms with van der Waals surface area (Å²) in [4.78, 5) is 17.2. The van der Waals surface area contributed by atoms with E-state index in [-0.39, 0.29) is 29.0 Å². The molecule has 1 aliphatic carbocycles. The first kappa shape index (κ1) is 27.1. The van der Waals surface area contributed by atoms with Crippen molar-refractivity contribution in [2.75, 3.05) is 50.5 Å². The zero-order chi connectivity index (χ0) is 27.6. The summed E-state index contributed by atoms with van der Waals surface area (Å²) in [6.45, 7) is 2.07. The predicted molar refractivity (Wildman–Crippen MR) is 142 cm³/mol. The van der Waals surface area contributed by atoms with Gasteiger partial charge in [-0.25, -0.2) is 4.68 Å². The summed E-state index contributed by atoms with van der Waals surface area (Å²) >= 11 is 0. The number of amides is 1. The molecule has 1 saturated carbocycles. The number of carbonyl (C=O) groups excluding carboxylic acids is 1. The van der Waals surface area contributed by atoms with Crippen molar-refractivity contribution in [3.8, 4) is 5.69 Å². The number of rotatable bonds is 7. The molecule has 0 spiro atoms. The van der Waals surface area contributed by atoms with Crippen molar-refractivity contribution >= 4 is 17.3 Å². The second-order valence-corrected chi connectivity index (χ2v) is 10.2. The Kier molecular flexibility index (Phi) is 7.85. The van der Waals surface area contributed by atoms with E-state index in [0.717, 1.165) is 25.7 Å². The minimum Gasteiger partial charge on any atom is -0.366 e. The molecule has 0 radical (unpaired) electrons. The minimum atomic E-state index is -4.58. The van der Waals surface area contributed by atoms with E-state index in [0.29, 0.717) is 37.4 Å². The van der Waals surface area contributed by atoms with E-state index in [2.05, 4.69) is 30.8 Å². The fourth-order valence-corrected chi connectivity index (χ4v) is 5.71. The lowest BCUT2D eigenvalue weighted by Gasteiger charge is -2.42. The van der Waals surface area contributed by atoms with Crippen molar-refractivity contribution in [3.63, 3.8) is 0 Å². The number of piperazine rings is 1. The molecule has 208 valence electrons. The number of carbonyl (C=O) groups is 1. The van der Waals surface area contributed by atoms with Crippen LogP contribution < -0.4 is 15.5 Å². The van der Waals surface area contributed by atoms with Gasteiger partial charge in [0.05, 0.1) is 35.0 Å². The van der Waals surface area contributed by atoms with Crippen LogP contribution in [0.15, 0.2) is 42.9 Å². The van der Waals surface area contributed by atoms with Gasteiger partial charge >= 0.3 is 6.18 Å². The quantitative estimate of drug-likeness (QED) is 0.468. The fraction of sp³-hybridized carbons (Fsp3) is 0.481. The zero-order valence-corrected chi connectivity index (χ0v) is 22.1. The average Bonchev–Trinajstić information content (AvgIpc) is 3.63. The van der Waals surface area contributed by atoms with E-state index in [1.807, 2.05) is 14.1 Å². The Morgan fingerprint density at radius 3 is 2.59 bits per heavy atom. The van der Waals surface area contributed by atoms with Crippen LogP contribution >= 0.6 is 0 Å². The first-order valence-corrected chi connectivity index (χ1v) is 13.2. The number of hydrogen-bond acceptors (Lipinski definition) is 7. The third-order valence-corrected chi connectivity index (χ3v) is 7.72.